The highest BCUT2D eigenvalue weighted by molar-refractivity contribution is 5.50. The van der Waals surface area contributed by atoms with Gasteiger partial charge in [0.05, 0.1) is 0 Å². The highest BCUT2D eigenvalue weighted by Gasteiger charge is 2.26. The Hall–Kier alpha value is -1.43. The second-order valence-electron chi connectivity index (χ2n) is 5.53. The molecule has 1 atom stereocenters. The fourth-order valence-electron chi connectivity index (χ4n) is 2.82. The lowest BCUT2D eigenvalue weighted by molar-refractivity contribution is 0.327. The number of aromatic nitrogens is 1. The zero-order chi connectivity index (χ0) is 15.4. The van der Waals surface area contributed by atoms with Gasteiger partial charge >= 0.3 is 0 Å². The largest absolute Gasteiger partial charge is 0.368 e. The van der Waals surface area contributed by atoms with Crippen molar-refractivity contribution in [2.75, 3.05) is 43.4 Å². The molecule has 4 nitrogen and oxygen atoms in total. The van der Waals surface area contributed by atoms with Crippen molar-refractivity contribution in [3.8, 4) is 0 Å². The molecule has 1 unspecified atom stereocenters. The number of likely N-dealkylation sites (N-methyl/N-ethyl adjacent to an activating group) is 1. The first-order chi connectivity index (χ1) is 10.1. The predicted molar refractivity (Wildman–Crippen MR) is 81.9 cm³/mol. The van der Waals surface area contributed by atoms with Gasteiger partial charge in [0, 0.05) is 31.7 Å². The topological polar surface area (TPSA) is 31.4 Å². The van der Waals surface area contributed by atoms with Crippen molar-refractivity contribution in [1.29, 1.82) is 0 Å². The summed E-state index contributed by atoms with van der Waals surface area (Å²) in [5.74, 6) is -0.842. The van der Waals surface area contributed by atoms with Crippen LogP contribution in [0.15, 0.2) is 6.07 Å². The number of anilines is 2. The van der Waals surface area contributed by atoms with Gasteiger partial charge in [-0.25, -0.2) is 13.8 Å². The fourth-order valence-corrected chi connectivity index (χ4v) is 2.82. The third-order valence-electron chi connectivity index (χ3n) is 3.90. The lowest BCUT2D eigenvalue weighted by atomic mass is 10.2. The fraction of sp³-hybridized carbons (Fsp3) is 0.667. The molecule has 1 fully saturated rings. The van der Waals surface area contributed by atoms with Crippen LogP contribution in [0.1, 0.15) is 26.7 Å². The van der Waals surface area contributed by atoms with Crippen LogP contribution in [0.25, 0.3) is 0 Å². The maximum Gasteiger partial charge on any atom is 0.168 e. The molecule has 1 aromatic rings. The van der Waals surface area contributed by atoms with Gasteiger partial charge in [-0.3, -0.25) is 0 Å². The minimum Gasteiger partial charge on any atom is -0.368 e. The Balaban J connectivity index is 2.35. The Morgan fingerprint density at radius 1 is 1.29 bits per heavy atom. The molecule has 118 valence electrons. The van der Waals surface area contributed by atoms with E-state index in [-0.39, 0.29) is 17.7 Å². The summed E-state index contributed by atoms with van der Waals surface area (Å²) in [5, 5.41) is 2.85. The predicted octanol–water partition coefficient (Wildman–Crippen LogP) is 2.71. The lowest BCUT2D eigenvalue weighted by Crippen LogP contribution is -2.40. The van der Waals surface area contributed by atoms with Crippen LogP contribution in [0.2, 0.25) is 0 Å². The quantitative estimate of drug-likeness (QED) is 0.926. The van der Waals surface area contributed by atoms with E-state index in [2.05, 4.69) is 29.2 Å². The van der Waals surface area contributed by atoms with Crippen molar-refractivity contribution >= 4 is 11.6 Å². The van der Waals surface area contributed by atoms with E-state index in [4.69, 9.17) is 0 Å². The molecule has 0 saturated carbocycles. The van der Waals surface area contributed by atoms with Crippen molar-refractivity contribution in [3.63, 3.8) is 0 Å². The molecule has 2 rings (SSSR count). The van der Waals surface area contributed by atoms with Gasteiger partial charge in [-0.15, -0.1) is 0 Å². The van der Waals surface area contributed by atoms with Crippen LogP contribution in [0, 0.1) is 11.6 Å². The van der Waals surface area contributed by atoms with Gasteiger partial charge in [0.2, 0.25) is 0 Å². The second kappa shape index (κ2) is 7.02. The number of halogens is 2. The van der Waals surface area contributed by atoms with E-state index in [9.17, 15) is 8.78 Å². The first-order valence-electron chi connectivity index (χ1n) is 7.61. The van der Waals surface area contributed by atoms with Gasteiger partial charge < -0.3 is 15.1 Å². The maximum absolute atomic E-state index is 14.2. The highest BCUT2D eigenvalue weighted by atomic mass is 19.1. The molecule has 1 saturated heterocycles. The third-order valence-corrected chi connectivity index (χ3v) is 3.90. The SMILES string of the molecule is CCNc1nc(N2CCCN(C)CC2CC)c(F)cc1F. The molecule has 0 aromatic carbocycles. The van der Waals surface area contributed by atoms with E-state index in [1.54, 1.807) is 0 Å². The summed E-state index contributed by atoms with van der Waals surface area (Å²) in [5.41, 5.74) is 0. The Morgan fingerprint density at radius 2 is 2.05 bits per heavy atom. The maximum atomic E-state index is 14.2. The van der Waals surface area contributed by atoms with Crippen LogP contribution in [-0.4, -0.2) is 49.2 Å². The van der Waals surface area contributed by atoms with Crippen molar-refractivity contribution in [3.05, 3.63) is 17.7 Å². The summed E-state index contributed by atoms with van der Waals surface area (Å²) < 4.78 is 27.9. The first-order valence-corrected chi connectivity index (χ1v) is 7.61. The van der Waals surface area contributed by atoms with Crippen molar-refractivity contribution in [1.82, 2.24) is 9.88 Å². The smallest absolute Gasteiger partial charge is 0.168 e. The van der Waals surface area contributed by atoms with Gasteiger partial charge in [-0.1, -0.05) is 6.92 Å². The zero-order valence-electron chi connectivity index (χ0n) is 13.0. The number of rotatable bonds is 4. The molecule has 6 heteroatoms. The van der Waals surface area contributed by atoms with Gasteiger partial charge in [-0.2, -0.15) is 0 Å². The summed E-state index contributed by atoms with van der Waals surface area (Å²) in [7, 11) is 2.07. The van der Waals surface area contributed by atoms with Gasteiger partial charge in [0.25, 0.3) is 0 Å². The molecule has 1 aliphatic rings. The monoisotopic (exact) mass is 298 g/mol. The van der Waals surface area contributed by atoms with E-state index < -0.39 is 11.6 Å². The lowest BCUT2D eigenvalue weighted by Gasteiger charge is -2.31. The van der Waals surface area contributed by atoms with E-state index in [1.165, 1.54) is 0 Å². The molecule has 21 heavy (non-hydrogen) atoms. The van der Waals surface area contributed by atoms with E-state index in [1.807, 2.05) is 11.8 Å². The van der Waals surface area contributed by atoms with Gasteiger partial charge in [-0.05, 0) is 33.4 Å². The minimum absolute atomic E-state index is 0.126. The molecule has 1 aromatic heterocycles. The summed E-state index contributed by atoms with van der Waals surface area (Å²) in [4.78, 5) is 8.43. The molecule has 0 spiro atoms. The van der Waals surface area contributed by atoms with Gasteiger partial charge in [0.15, 0.2) is 23.3 Å². The van der Waals surface area contributed by atoms with Crippen LogP contribution in [0.4, 0.5) is 20.4 Å². The standard InChI is InChI=1S/C15H24F2N4/c1-4-11-10-20(3)7-6-8-21(11)15-13(17)9-12(16)14(19-15)18-5-2/h9,11H,4-8,10H2,1-3H3,(H,18,19). The normalized spacial score (nSPS) is 20.4. The summed E-state index contributed by atoms with van der Waals surface area (Å²) in [6.07, 6.45) is 1.85. The van der Waals surface area contributed by atoms with E-state index in [0.29, 0.717) is 6.54 Å². The first kappa shape index (κ1) is 15.9. The summed E-state index contributed by atoms with van der Waals surface area (Å²) in [6.45, 7) is 7.09. The third kappa shape index (κ3) is 3.61. The van der Waals surface area contributed by atoms with Crippen molar-refractivity contribution in [2.24, 2.45) is 0 Å². The molecule has 0 amide bonds. The van der Waals surface area contributed by atoms with Gasteiger partial charge in [0.1, 0.15) is 0 Å². The zero-order valence-corrected chi connectivity index (χ0v) is 13.0. The number of hydrogen-bond acceptors (Lipinski definition) is 4. The van der Waals surface area contributed by atoms with Crippen LogP contribution < -0.4 is 10.2 Å². The highest BCUT2D eigenvalue weighted by Crippen LogP contribution is 2.26. The summed E-state index contributed by atoms with van der Waals surface area (Å²) in [6, 6.07) is 1.13. The average Bonchev–Trinajstić information content (AvgIpc) is 2.63. The van der Waals surface area contributed by atoms with Crippen LogP contribution in [0.5, 0.6) is 0 Å². The molecule has 2 heterocycles. The Bertz CT molecular complexity index is 481. The Kier molecular flexibility index (Phi) is 5.33. The number of nitrogens with zero attached hydrogens (tertiary/aromatic N) is 3. The van der Waals surface area contributed by atoms with Crippen LogP contribution in [0.3, 0.4) is 0 Å². The molecular weight excluding hydrogens is 274 g/mol. The molecule has 0 radical (unpaired) electrons. The average molecular weight is 298 g/mol. The van der Waals surface area contributed by atoms with E-state index >= 15 is 0 Å². The molecular formula is C15H24F2N4. The van der Waals surface area contributed by atoms with Crippen LogP contribution in [-0.2, 0) is 0 Å². The number of pyridine rings is 1. The van der Waals surface area contributed by atoms with E-state index in [0.717, 1.165) is 38.5 Å². The van der Waals surface area contributed by atoms with Crippen LogP contribution >= 0.6 is 0 Å². The van der Waals surface area contributed by atoms with Crippen molar-refractivity contribution < 1.29 is 8.78 Å². The van der Waals surface area contributed by atoms with Crippen molar-refractivity contribution in [2.45, 2.75) is 32.7 Å². The number of nitrogens with one attached hydrogen (secondary N) is 1. The molecule has 0 bridgehead atoms. The number of hydrogen-bond donors (Lipinski definition) is 1. The molecule has 1 N–H and O–H groups in total. The molecule has 1 aliphatic heterocycles. The minimum atomic E-state index is -0.641. The molecule has 0 aliphatic carbocycles. The Labute approximate surface area is 125 Å². The second-order valence-corrected chi connectivity index (χ2v) is 5.53. The Morgan fingerprint density at radius 3 is 2.71 bits per heavy atom. The summed E-state index contributed by atoms with van der Waals surface area (Å²) >= 11 is 0.